The first-order chi connectivity index (χ1) is 13.1. The van der Waals surface area contributed by atoms with E-state index in [2.05, 4.69) is 15.0 Å². The molecular formula is C21H18ClN5O. The van der Waals surface area contributed by atoms with E-state index in [9.17, 15) is 4.79 Å². The van der Waals surface area contributed by atoms with E-state index < -0.39 is 5.91 Å². The van der Waals surface area contributed by atoms with Crippen LogP contribution in [0.25, 0.3) is 33.8 Å². The number of nitrogens with one attached hydrogen (secondary N) is 1. The highest BCUT2D eigenvalue weighted by molar-refractivity contribution is 6.02. The van der Waals surface area contributed by atoms with Crippen molar-refractivity contribution in [3.05, 3.63) is 78.5 Å². The van der Waals surface area contributed by atoms with E-state index in [4.69, 9.17) is 11.5 Å². The molecule has 4 rings (SSSR count). The van der Waals surface area contributed by atoms with E-state index in [0.29, 0.717) is 11.3 Å². The highest BCUT2D eigenvalue weighted by Crippen LogP contribution is 2.36. The smallest absolute Gasteiger partial charge is 0.249 e. The average Bonchev–Trinajstić information content (AvgIpc) is 3.14. The Balaban J connectivity index is 0.00000225. The fraction of sp³-hybridized carbons (Fsp3) is 0. The van der Waals surface area contributed by atoms with Crippen LogP contribution in [-0.2, 0) is 0 Å². The number of amides is 1. The highest BCUT2D eigenvalue weighted by atomic mass is 35.5. The largest absolute Gasteiger partial charge is 0.368 e. The third-order valence-electron chi connectivity index (χ3n) is 4.31. The van der Waals surface area contributed by atoms with Gasteiger partial charge in [0.15, 0.2) is 0 Å². The van der Waals surface area contributed by atoms with Gasteiger partial charge in [0, 0.05) is 17.3 Å². The SMILES string of the molecule is Cl.NC(=O)c1ccccc1-c1cc(-c2ccnc(N)n2)[nH]c1-c1ccccc1. The predicted molar refractivity (Wildman–Crippen MR) is 113 cm³/mol. The van der Waals surface area contributed by atoms with Gasteiger partial charge in [-0.2, -0.15) is 0 Å². The van der Waals surface area contributed by atoms with Crippen LogP contribution in [0, 0.1) is 0 Å². The van der Waals surface area contributed by atoms with Gasteiger partial charge in [0.2, 0.25) is 11.9 Å². The van der Waals surface area contributed by atoms with Gasteiger partial charge in [0.05, 0.1) is 17.1 Å². The summed E-state index contributed by atoms with van der Waals surface area (Å²) in [7, 11) is 0. The van der Waals surface area contributed by atoms with Gasteiger partial charge >= 0.3 is 0 Å². The minimum absolute atomic E-state index is 0. The number of aromatic amines is 1. The van der Waals surface area contributed by atoms with Crippen LogP contribution < -0.4 is 11.5 Å². The number of halogens is 1. The molecule has 0 unspecified atom stereocenters. The third kappa shape index (κ3) is 3.58. The number of nitrogens with zero attached hydrogens (tertiary/aromatic N) is 2. The van der Waals surface area contributed by atoms with Gasteiger partial charge in [0.25, 0.3) is 0 Å². The second-order valence-corrected chi connectivity index (χ2v) is 6.05. The van der Waals surface area contributed by atoms with Crippen LogP contribution in [-0.4, -0.2) is 20.9 Å². The lowest BCUT2D eigenvalue weighted by atomic mass is 9.96. The maximum Gasteiger partial charge on any atom is 0.249 e. The molecule has 28 heavy (non-hydrogen) atoms. The number of anilines is 1. The van der Waals surface area contributed by atoms with Gasteiger partial charge in [-0.05, 0) is 29.3 Å². The van der Waals surface area contributed by atoms with E-state index in [1.165, 1.54) is 0 Å². The van der Waals surface area contributed by atoms with Crippen LogP contribution in [0.5, 0.6) is 0 Å². The Labute approximate surface area is 168 Å². The van der Waals surface area contributed by atoms with E-state index in [1.807, 2.05) is 48.5 Å². The fourth-order valence-electron chi connectivity index (χ4n) is 3.09. The number of H-pyrrole nitrogens is 1. The van der Waals surface area contributed by atoms with Crippen LogP contribution in [0.1, 0.15) is 10.4 Å². The molecule has 2 aromatic carbocycles. The summed E-state index contributed by atoms with van der Waals surface area (Å²) in [5.41, 5.74) is 16.7. The second-order valence-electron chi connectivity index (χ2n) is 6.05. The van der Waals surface area contributed by atoms with Crippen molar-refractivity contribution in [2.24, 2.45) is 5.73 Å². The van der Waals surface area contributed by atoms with Gasteiger partial charge in [0.1, 0.15) is 0 Å². The summed E-state index contributed by atoms with van der Waals surface area (Å²) in [6.45, 7) is 0. The fourth-order valence-corrected chi connectivity index (χ4v) is 3.09. The summed E-state index contributed by atoms with van der Waals surface area (Å²) in [5, 5.41) is 0. The minimum Gasteiger partial charge on any atom is -0.368 e. The number of benzene rings is 2. The van der Waals surface area contributed by atoms with Crippen LogP contribution in [0.15, 0.2) is 72.9 Å². The number of nitrogens with two attached hydrogens (primary N) is 2. The molecule has 140 valence electrons. The van der Waals surface area contributed by atoms with Crippen LogP contribution in [0.3, 0.4) is 0 Å². The molecule has 2 aromatic heterocycles. The topological polar surface area (TPSA) is 111 Å². The molecule has 0 atom stereocenters. The molecule has 2 heterocycles. The van der Waals surface area contributed by atoms with Gasteiger partial charge in [-0.25, -0.2) is 9.97 Å². The molecule has 0 radical (unpaired) electrons. The first kappa shape index (κ1) is 19.1. The monoisotopic (exact) mass is 391 g/mol. The second kappa shape index (κ2) is 7.94. The van der Waals surface area contributed by atoms with Gasteiger partial charge in [-0.1, -0.05) is 48.5 Å². The number of nitrogen functional groups attached to an aromatic ring is 1. The third-order valence-corrected chi connectivity index (χ3v) is 4.31. The van der Waals surface area contributed by atoms with Crippen molar-refractivity contribution in [2.45, 2.75) is 0 Å². The number of primary amides is 1. The van der Waals surface area contributed by atoms with Gasteiger partial charge in [-0.3, -0.25) is 4.79 Å². The Morgan fingerprint density at radius 1 is 0.929 bits per heavy atom. The van der Waals surface area contributed by atoms with Crippen LogP contribution >= 0.6 is 12.4 Å². The molecule has 0 spiro atoms. The summed E-state index contributed by atoms with van der Waals surface area (Å²) in [6, 6.07) is 20.9. The lowest BCUT2D eigenvalue weighted by Gasteiger charge is -2.08. The zero-order valence-electron chi connectivity index (χ0n) is 14.8. The number of rotatable bonds is 4. The zero-order chi connectivity index (χ0) is 18.8. The summed E-state index contributed by atoms with van der Waals surface area (Å²) in [6.07, 6.45) is 1.61. The molecule has 0 saturated carbocycles. The van der Waals surface area contributed by atoms with Gasteiger partial charge < -0.3 is 16.5 Å². The molecule has 0 bridgehead atoms. The Kier molecular flexibility index (Phi) is 5.42. The predicted octanol–water partition coefficient (Wildman–Crippen LogP) is 3.91. The molecule has 0 aliphatic heterocycles. The molecule has 4 aromatic rings. The summed E-state index contributed by atoms with van der Waals surface area (Å²) in [5.74, 6) is -0.277. The van der Waals surface area contributed by atoms with Crippen LogP contribution in [0.2, 0.25) is 0 Å². The maximum absolute atomic E-state index is 11.9. The van der Waals surface area contributed by atoms with E-state index in [0.717, 1.165) is 28.1 Å². The quantitative estimate of drug-likeness (QED) is 0.489. The molecule has 6 nitrogen and oxygen atoms in total. The molecule has 0 saturated heterocycles. The first-order valence-electron chi connectivity index (χ1n) is 8.40. The van der Waals surface area contributed by atoms with Crippen molar-refractivity contribution in [2.75, 3.05) is 5.73 Å². The molecule has 0 fully saturated rings. The van der Waals surface area contributed by atoms with Crippen molar-refractivity contribution in [3.63, 3.8) is 0 Å². The molecular weight excluding hydrogens is 374 g/mol. The maximum atomic E-state index is 11.9. The Bertz CT molecular complexity index is 1120. The molecule has 0 aliphatic carbocycles. The standard InChI is InChI=1S/C21H17N5O.ClH/c22-20(27)15-9-5-4-8-14(15)16-12-18(17-10-11-24-21(23)26-17)25-19(16)13-6-2-1-3-7-13;/h1-12,25H,(H2,22,27)(H2,23,24,26);1H. The number of hydrogen-bond acceptors (Lipinski definition) is 4. The number of carbonyl (C=O) groups excluding carboxylic acids is 1. The number of aromatic nitrogens is 3. The summed E-state index contributed by atoms with van der Waals surface area (Å²) in [4.78, 5) is 23.6. The van der Waals surface area contributed by atoms with Crippen molar-refractivity contribution in [3.8, 4) is 33.8 Å². The lowest BCUT2D eigenvalue weighted by Crippen LogP contribution is -2.12. The average molecular weight is 392 g/mol. The van der Waals surface area contributed by atoms with Crippen molar-refractivity contribution in [1.82, 2.24) is 15.0 Å². The number of carbonyl (C=O) groups is 1. The molecule has 5 N–H and O–H groups in total. The highest BCUT2D eigenvalue weighted by Gasteiger charge is 2.18. The Morgan fingerprint density at radius 2 is 1.64 bits per heavy atom. The summed E-state index contributed by atoms with van der Waals surface area (Å²) < 4.78 is 0. The number of hydrogen-bond donors (Lipinski definition) is 3. The normalized spacial score (nSPS) is 10.3. The van der Waals surface area contributed by atoms with Crippen molar-refractivity contribution >= 4 is 24.3 Å². The van der Waals surface area contributed by atoms with E-state index >= 15 is 0 Å². The minimum atomic E-state index is -0.473. The summed E-state index contributed by atoms with van der Waals surface area (Å²) >= 11 is 0. The Morgan fingerprint density at radius 3 is 2.36 bits per heavy atom. The molecule has 1 amide bonds. The first-order valence-corrected chi connectivity index (χ1v) is 8.40. The van der Waals surface area contributed by atoms with E-state index in [1.54, 1.807) is 24.4 Å². The molecule has 0 aliphatic rings. The Hall–Kier alpha value is -3.64. The van der Waals surface area contributed by atoms with Gasteiger partial charge in [-0.15, -0.1) is 12.4 Å². The van der Waals surface area contributed by atoms with E-state index in [-0.39, 0.29) is 18.4 Å². The van der Waals surface area contributed by atoms with Crippen molar-refractivity contribution < 1.29 is 4.79 Å². The lowest BCUT2D eigenvalue weighted by molar-refractivity contribution is 0.100. The van der Waals surface area contributed by atoms with Crippen molar-refractivity contribution in [1.29, 1.82) is 0 Å². The van der Waals surface area contributed by atoms with Crippen LogP contribution in [0.4, 0.5) is 5.95 Å². The zero-order valence-corrected chi connectivity index (χ0v) is 15.6. The molecule has 7 heteroatoms.